The number of sulfonamides is 1. The molecule has 0 saturated heterocycles. The summed E-state index contributed by atoms with van der Waals surface area (Å²) in [6.07, 6.45) is 0.739. The zero-order valence-electron chi connectivity index (χ0n) is 8.48. The summed E-state index contributed by atoms with van der Waals surface area (Å²) in [4.78, 5) is 0. The number of rotatable bonds is 4. The summed E-state index contributed by atoms with van der Waals surface area (Å²) in [5.41, 5.74) is 0.831. The first-order chi connectivity index (χ1) is 6.99. The molecule has 1 aromatic heterocycles. The number of nitriles is 1. The predicted octanol–water partition coefficient (Wildman–Crippen LogP) is 0.626. The molecule has 0 bridgehead atoms. The topological polar surface area (TPSA) is 98.6 Å². The van der Waals surface area contributed by atoms with Crippen molar-refractivity contribution in [1.29, 1.82) is 5.26 Å². The lowest BCUT2D eigenvalue weighted by molar-refractivity contribution is 0.597. The maximum atomic E-state index is 11.4. The van der Waals surface area contributed by atoms with E-state index in [0.29, 0.717) is 0 Å². The minimum Gasteiger partial charge on any atom is -0.280 e. The molecular formula is C8H12N4O2S. The molecule has 1 unspecified atom stereocenters. The Kier molecular flexibility index (Phi) is 3.31. The Balaban J connectivity index is 2.83. The van der Waals surface area contributed by atoms with Crippen LogP contribution in [0.2, 0.25) is 0 Å². The van der Waals surface area contributed by atoms with E-state index in [1.54, 1.807) is 12.1 Å². The fourth-order valence-corrected chi connectivity index (χ4v) is 1.61. The molecule has 6 nitrogen and oxygen atoms in total. The third-order valence-electron chi connectivity index (χ3n) is 1.91. The molecule has 82 valence electrons. The molecule has 0 aliphatic rings. The van der Waals surface area contributed by atoms with Gasteiger partial charge in [0.2, 0.25) is 10.0 Å². The van der Waals surface area contributed by atoms with Crippen molar-refractivity contribution < 1.29 is 8.42 Å². The van der Waals surface area contributed by atoms with Crippen LogP contribution in [0.4, 0.5) is 5.82 Å². The van der Waals surface area contributed by atoms with Crippen LogP contribution in [0.25, 0.3) is 0 Å². The Morgan fingerprint density at radius 1 is 1.73 bits per heavy atom. The van der Waals surface area contributed by atoms with Gasteiger partial charge in [-0.15, -0.1) is 0 Å². The Morgan fingerprint density at radius 2 is 2.40 bits per heavy atom. The molecule has 15 heavy (non-hydrogen) atoms. The second-order valence-electron chi connectivity index (χ2n) is 3.05. The second kappa shape index (κ2) is 4.31. The van der Waals surface area contributed by atoms with Crippen molar-refractivity contribution in [2.75, 3.05) is 4.72 Å². The number of nitrogens with one attached hydrogen (secondary N) is 2. The Bertz CT molecular complexity index is 471. The highest BCUT2D eigenvalue weighted by molar-refractivity contribution is 7.93. The van der Waals surface area contributed by atoms with E-state index in [2.05, 4.69) is 14.9 Å². The number of aryl methyl sites for hydroxylation is 1. The smallest absolute Gasteiger partial charge is 0.250 e. The Hall–Kier alpha value is -1.55. The fraction of sp³-hybridized carbons (Fsp3) is 0.500. The van der Waals surface area contributed by atoms with Crippen LogP contribution in [-0.4, -0.2) is 23.9 Å². The predicted molar refractivity (Wildman–Crippen MR) is 55.6 cm³/mol. The van der Waals surface area contributed by atoms with Crippen LogP contribution in [0, 0.1) is 11.3 Å². The van der Waals surface area contributed by atoms with E-state index in [1.165, 1.54) is 6.92 Å². The zero-order chi connectivity index (χ0) is 11.5. The first-order valence-corrected chi connectivity index (χ1v) is 5.99. The van der Waals surface area contributed by atoms with Gasteiger partial charge in [-0.2, -0.15) is 10.4 Å². The number of nitrogens with zero attached hydrogens (tertiary/aromatic N) is 2. The summed E-state index contributed by atoms with van der Waals surface area (Å²) in [7, 11) is -3.65. The molecule has 1 heterocycles. The molecule has 1 aromatic rings. The first kappa shape index (κ1) is 11.5. The van der Waals surface area contributed by atoms with Gasteiger partial charge in [-0.05, 0) is 13.3 Å². The highest BCUT2D eigenvalue weighted by Crippen LogP contribution is 2.10. The van der Waals surface area contributed by atoms with Gasteiger partial charge in [0.25, 0.3) is 0 Å². The van der Waals surface area contributed by atoms with Gasteiger partial charge >= 0.3 is 0 Å². The van der Waals surface area contributed by atoms with Crippen molar-refractivity contribution in [1.82, 2.24) is 10.2 Å². The summed E-state index contributed by atoms with van der Waals surface area (Å²) in [6, 6.07) is 3.26. The summed E-state index contributed by atoms with van der Waals surface area (Å²) in [5, 5.41) is 13.8. The zero-order valence-corrected chi connectivity index (χ0v) is 9.30. The molecule has 2 N–H and O–H groups in total. The molecule has 0 aliphatic heterocycles. The molecule has 0 radical (unpaired) electrons. The highest BCUT2D eigenvalue weighted by atomic mass is 32.2. The summed E-state index contributed by atoms with van der Waals surface area (Å²) in [5.74, 6) is 0.217. The van der Waals surface area contributed by atoms with Crippen LogP contribution in [-0.2, 0) is 16.4 Å². The lowest BCUT2D eigenvalue weighted by Gasteiger charge is -2.05. The second-order valence-corrected chi connectivity index (χ2v) is 5.05. The van der Waals surface area contributed by atoms with E-state index in [4.69, 9.17) is 5.26 Å². The number of hydrogen-bond donors (Lipinski definition) is 2. The van der Waals surface area contributed by atoms with Crippen LogP contribution >= 0.6 is 0 Å². The van der Waals surface area contributed by atoms with Gasteiger partial charge < -0.3 is 0 Å². The number of aromatic amines is 1. The molecule has 0 aliphatic carbocycles. The van der Waals surface area contributed by atoms with Crippen LogP contribution < -0.4 is 4.72 Å². The van der Waals surface area contributed by atoms with Crippen LogP contribution in [0.15, 0.2) is 6.07 Å². The molecule has 1 atom stereocenters. The standard InChI is InChI=1S/C8H12N4O2S/c1-3-7-4-8(11-10-7)12-15(13,14)6(2)5-9/h4,6H,3H2,1-2H3,(H2,10,11,12). The molecule has 0 fully saturated rings. The van der Waals surface area contributed by atoms with Gasteiger partial charge in [-0.1, -0.05) is 6.92 Å². The fourth-order valence-electron chi connectivity index (χ4n) is 0.899. The van der Waals surface area contributed by atoms with E-state index in [9.17, 15) is 8.42 Å². The van der Waals surface area contributed by atoms with Crippen LogP contribution in [0.5, 0.6) is 0 Å². The van der Waals surface area contributed by atoms with Crippen molar-refractivity contribution in [2.45, 2.75) is 25.5 Å². The number of anilines is 1. The van der Waals surface area contributed by atoms with Gasteiger partial charge in [0.15, 0.2) is 11.1 Å². The average Bonchev–Trinajstić information content (AvgIpc) is 2.63. The van der Waals surface area contributed by atoms with Gasteiger partial charge in [0.05, 0.1) is 6.07 Å². The molecule has 7 heteroatoms. The largest absolute Gasteiger partial charge is 0.280 e. The van der Waals surface area contributed by atoms with Gasteiger partial charge in [-0.3, -0.25) is 9.82 Å². The average molecular weight is 228 g/mol. The minimum absolute atomic E-state index is 0.217. The van der Waals surface area contributed by atoms with Crippen molar-refractivity contribution in [2.24, 2.45) is 0 Å². The van der Waals surface area contributed by atoms with Crippen LogP contribution in [0.1, 0.15) is 19.5 Å². The van der Waals surface area contributed by atoms with E-state index in [0.717, 1.165) is 12.1 Å². The Labute approximate surface area is 88.4 Å². The third kappa shape index (κ3) is 2.70. The lowest BCUT2D eigenvalue weighted by Crippen LogP contribution is -2.23. The molecule has 1 rings (SSSR count). The first-order valence-electron chi connectivity index (χ1n) is 4.45. The molecular weight excluding hydrogens is 216 g/mol. The van der Waals surface area contributed by atoms with E-state index < -0.39 is 15.3 Å². The highest BCUT2D eigenvalue weighted by Gasteiger charge is 2.20. The number of aromatic nitrogens is 2. The molecule has 0 saturated carbocycles. The van der Waals surface area contributed by atoms with Gasteiger partial charge in [0, 0.05) is 11.8 Å². The summed E-state index contributed by atoms with van der Waals surface area (Å²) < 4.78 is 25.1. The SMILES string of the molecule is CCc1cc(NS(=O)(=O)C(C)C#N)n[nH]1. The minimum atomic E-state index is -3.65. The van der Waals surface area contributed by atoms with Crippen molar-refractivity contribution in [3.63, 3.8) is 0 Å². The van der Waals surface area contributed by atoms with E-state index >= 15 is 0 Å². The normalized spacial score (nSPS) is 13.1. The third-order valence-corrected chi connectivity index (χ3v) is 3.44. The quantitative estimate of drug-likeness (QED) is 0.789. The van der Waals surface area contributed by atoms with Crippen molar-refractivity contribution in [3.8, 4) is 6.07 Å². The van der Waals surface area contributed by atoms with Crippen molar-refractivity contribution >= 4 is 15.8 Å². The maximum Gasteiger partial charge on any atom is 0.250 e. The van der Waals surface area contributed by atoms with E-state index in [-0.39, 0.29) is 5.82 Å². The van der Waals surface area contributed by atoms with Crippen LogP contribution in [0.3, 0.4) is 0 Å². The number of H-pyrrole nitrogens is 1. The monoisotopic (exact) mass is 228 g/mol. The molecule has 0 spiro atoms. The molecule has 0 amide bonds. The Morgan fingerprint density at radius 3 is 2.87 bits per heavy atom. The summed E-state index contributed by atoms with van der Waals surface area (Å²) >= 11 is 0. The lowest BCUT2D eigenvalue weighted by atomic mass is 10.3. The molecule has 0 aromatic carbocycles. The maximum absolute atomic E-state index is 11.4. The van der Waals surface area contributed by atoms with Gasteiger partial charge in [0.1, 0.15) is 0 Å². The van der Waals surface area contributed by atoms with Crippen molar-refractivity contribution in [3.05, 3.63) is 11.8 Å². The number of hydrogen-bond acceptors (Lipinski definition) is 4. The van der Waals surface area contributed by atoms with Gasteiger partial charge in [-0.25, -0.2) is 8.42 Å². The van der Waals surface area contributed by atoms with E-state index in [1.807, 2.05) is 6.92 Å². The summed E-state index contributed by atoms with van der Waals surface area (Å²) in [6.45, 7) is 3.24.